The smallest absolute Gasteiger partial charge is 0.238 e. The average molecular weight is 263 g/mol. The van der Waals surface area contributed by atoms with Crippen LogP contribution in [0.3, 0.4) is 0 Å². The second-order valence-corrected chi connectivity index (χ2v) is 5.37. The second-order valence-electron chi connectivity index (χ2n) is 3.81. The van der Waals surface area contributed by atoms with E-state index >= 15 is 0 Å². The van der Waals surface area contributed by atoms with Crippen LogP contribution in [0.1, 0.15) is 5.69 Å². The van der Waals surface area contributed by atoms with Crippen molar-refractivity contribution in [3.05, 3.63) is 48.3 Å². The van der Waals surface area contributed by atoms with Gasteiger partial charge in [-0.2, -0.15) is 0 Å². The maximum Gasteiger partial charge on any atom is 0.238 e. The Labute approximate surface area is 106 Å². The lowest BCUT2D eigenvalue weighted by molar-refractivity contribution is 0.598. The number of rotatable bonds is 3. The van der Waals surface area contributed by atoms with Crippen LogP contribution >= 0.6 is 0 Å². The largest absolute Gasteiger partial charge is 0.325 e. The van der Waals surface area contributed by atoms with Crippen molar-refractivity contribution in [2.75, 3.05) is 0 Å². The molecule has 5 nitrogen and oxygen atoms in total. The summed E-state index contributed by atoms with van der Waals surface area (Å²) in [7, 11) is -3.64. The topological polar surface area (TPSA) is 99.1 Å². The highest BCUT2D eigenvalue weighted by molar-refractivity contribution is 7.89. The van der Waals surface area contributed by atoms with Gasteiger partial charge in [0, 0.05) is 18.3 Å². The summed E-state index contributed by atoms with van der Waals surface area (Å²) in [5.41, 5.74) is 8.04. The molecule has 94 valence electrons. The van der Waals surface area contributed by atoms with Crippen LogP contribution < -0.4 is 10.9 Å². The van der Waals surface area contributed by atoms with Crippen LogP contribution in [0.4, 0.5) is 0 Å². The van der Waals surface area contributed by atoms with E-state index in [0.29, 0.717) is 6.54 Å². The maximum atomic E-state index is 11.1. The highest BCUT2D eigenvalue weighted by atomic mass is 32.2. The van der Waals surface area contributed by atoms with E-state index in [1.54, 1.807) is 18.3 Å². The molecule has 0 amide bonds. The van der Waals surface area contributed by atoms with Crippen molar-refractivity contribution in [2.45, 2.75) is 11.4 Å². The molecule has 0 fully saturated rings. The molecule has 4 N–H and O–H groups in total. The molecular formula is C12H13N3O2S. The van der Waals surface area contributed by atoms with E-state index in [-0.39, 0.29) is 4.90 Å². The van der Waals surface area contributed by atoms with E-state index in [2.05, 4.69) is 4.98 Å². The van der Waals surface area contributed by atoms with Crippen LogP contribution in [-0.2, 0) is 16.6 Å². The molecule has 1 aromatic carbocycles. The fourth-order valence-corrected chi connectivity index (χ4v) is 2.07. The van der Waals surface area contributed by atoms with Crippen molar-refractivity contribution >= 4 is 10.0 Å². The van der Waals surface area contributed by atoms with Gasteiger partial charge in [0.2, 0.25) is 10.0 Å². The summed E-state index contributed by atoms with van der Waals surface area (Å²) in [4.78, 5) is 4.27. The number of hydrogen-bond donors (Lipinski definition) is 2. The van der Waals surface area contributed by atoms with Gasteiger partial charge in [0.05, 0.1) is 10.6 Å². The van der Waals surface area contributed by atoms with Crippen LogP contribution in [0.25, 0.3) is 11.1 Å². The first-order valence-electron chi connectivity index (χ1n) is 5.29. The van der Waals surface area contributed by atoms with Gasteiger partial charge < -0.3 is 5.73 Å². The molecule has 0 aliphatic rings. The number of benzene rings is 1. The van der Waals surface area contributed by atoms with Gasteiger partial charge in [-0.05, 0) is 23.8 Å². The zero-order valence-electron chi connectivity index (χ0n) is 9.58. The minimum atomic E-state index is -3.64. The van der Waals surface area contributed by atoms with E-state index in [1.807, 2.05) is 12.1 Å². The van der Waals surface area contributed by atoms with Gasteiger partial charge in [-0.25, -0.2) is 13.6 Å². The van der Waals surface area contributed by atoms with E-state index in [4.69, 9.17) is 10.9 Å². The molecule has 2 rings (SSSR count). The lowest BCUT2D eigenvalue weighted by Crippen LogP contribution is -2.11. The molecule has 0 bridgehead atoms. The van der Waals surface area contributed by atoms with Crippen molar-refractivity contribution in [3.8, 4) is 11.1 Å². The molecule has 0 aliphatic carbocycles. The maximum absolute atomic E-state index is 11.1. The highest BCUT2D eigenvalue weighted by Gasteiger charge is 2.07. The Hall–Kier alpha value is -1.76. The summed E-state index contributed by atoms with van der Waals surface area (Å²) in [5, 5.41) is 5.03. The summed E-state index contributed by atoms with van der Waals surface area (Å²) >= 11 is 0. The van der Waals surface area contributed by atoms with E-state index in [9.17, 15) is 8.42 Å². The van der Waals surface area contributed by atoms with E-state index in [1.165, 1.54) is 12.1 Å². The van der Waals surface area contributed by atoms with Gasteiger partial charge >= 0.3 is 0 Å². The molecular weight excluding hydrogens is 250 g/mol. The van der Waals surface area contributed by atoms with Gasteiger partial charge in [-0.3, -0.25) is 4.98 Å². The third kappa shape index (κ3) is 2.73. The molecule has 1 aromatic heterocycles. The quantitative estimate of drug-likeness (QED) is 0.857. The molecule has 0 saturated carbocycles. The van der Waals surface area contributed by atoms with E-state index < -0.39 is 10.0 Å². The molecule has 0 aliphatic heterocycles. The average Bonchev–Trinajstić information content (AvgIpc) is 2.38. The second kappa shape index (κ2) is 4.85. The monoisotopic (exact) mass is 263 g/mol. The number of hydrogen-bond acceptors (Lipinski definition) is 4. The Balaban J connectivity index is 2.34. The Bertz CT molecular complexity index is 634. The Morgan fingerprint density at radius 2 is 1.61 bits per heavy atom. The van der Waals surface area contributed by atoms with Crippen LogP contribution in [0.2, 0.25) is 0 Å². The minimum absolute atomic E-state index is 0.0952. The first kappa shape index (κ1) is 12.7. The first-order chi connectivity index (χ1) is 8.50. The SMILES string of the molecule is NCc1ccc(-c2ccc(S(N)(=O)=O)cc2)cn1. The molecule has 0 radical (unpaired) electrons. The predicted molar refractivity (Wildman–Crippen MR) is 68.9 cm³/mol. The Kier molecular flexibility index (Phi) is 3.42. The number of aromatic nitrogens is 1. The number of pyridine rings is 1. The van der Waals surface area contributed by atoms with Crippen LogP contribution in [0.15, 0.2) is 47.5 Å². The number of sulfonamides is 1. The number of primary sulfonamides is 1. The minimum Gasteiger partial charge on any atom is -0.325 e. The van der Waals surface area contributed by atoms with Gasteiger partial charge in [-0.1, -0.05) is 18.2 Å². The van der Waals surface area contributed by atoms with Gasteiger partial charge in [0.1, 0.15) is 0 Å². The molecule has 1 heterocycles. The summed E-state index contributed by atoms with van der Waals surface area (Å²) in [6, 6.07) is 10.1. The standard InChI is InChI=1S/C12H13N3O2S/c13-7-11-4-1-10(8-15-11)9-2-5-12(6-3-9)18(14,16)17/h1-6,8H,7,13H2,(H2,14,16,17). The zero-order chi connectivity index (χ0) is 13.2. The highest BCUT2D eigenvalue weighted by Crippen LogP contribution is 2.20. The van der Waals surface area contributed by atoms with Crippen molar-refractivity contribution in [2.24, 2.45) is 10.9 Å². The van der Waals surface area contributed by atoms with Crippen molar-refractivity contribution in [1.29, 1.82) is 0 Å². The lowest BCUT2D eigenvalue weighted by atomic mass is 10.1. The molecule has 18 heavy (non-hydrogen) atoms. The number of nitrogens with two attached hydrogens (primary N) is 2. The molecule has 0 saturated heterocycles. The summed E-state index contributed by atoms with van der Waals surface area (Å²) in [6.45, 7) is 0.393. The van der Waals surface area contributed by atoms with Gasteiger partial charge in [0.25, 0.3) is 0 Å². The van der Waals surface area contributed by atoms with Gasteiger partial charge in [-0.15, -0.1) is 0 Å². The fraction of sp³-hybridized carbons (Fsp3) is 0.0833. The van der Waals surface area contributed by atoms with Crippen molar-refractivity contribution < 1.29 is 8.42 Å². The summed E-state index contributed by atoms with van der Waals surface area (Å²) in [5.74, 6) is 0. The van der Waals surface area contributed by atoms with Crippen LogP contribution in [0.5, 0.6) is 0 Å². The molecule has 6 heteroatoms. The Morgan fingerprint density at radius 3 is 2.06 bits per heavy atom. The summed E-state index contributed by atoms with van der Waals surface area (Å²) in [6.07, 6.45) is 1.70. The molecule has 0 atom stereocenters. The normalized spacial score (nSPS) is 11.4. The van der Waals surface area contributed by atoms with E-state index in [0.717, 1.165) is 16.8 Å². The van der Waals surface area contributed by atoms with Gasteiger partial charge in [0.15, 0.2) is 0 Å². The predicted octanol–water partition coefficient (Wildman–Crippen LogP) is 0.855. The Morgan fingerprint density at radius 1 is 1.00 bits per heavy atom. The third-order valence-corrected chi connectivity index (χ3v) is 3.48. The summed E-state index contributed by atoms with van der Waals surface area (Å²) < 4.78 is 22.2. The molecule has 0 spiro atoms. The van der Waals surface area contributed by atoms with Crippen LogP contribution in [0, 0.1) is 0 Å². The molecule has 2 aromatic rings. The molecule has 0 unspecified atom stereocenters. The lowest BCUT2D eigenvalue weighted by Gasteiger charge is -2.03. The van der Waals surface area contributed by atoms with Crippen molar-refractivity contribution in [3.63, 3.8) is 0 Å². The fourth-order valence-electron chi connectivity index (χ4n) is 1.55. The van der Waals surface area contributed by atoms with Crippen molar-refractivity contribution in [1.82, 2.24) is 4.98 Å². The van der Waals surface area contributed by atoms with Crippen LogP contribution in [-0.4, -0.2) is 13.4 Å². The first-order valence-corrected chi connectivity index (χ1v) is 6.83. The number of nitrogens with zero attached hydrogens (tertiary/aromatic N) is 1. The zero-order valence-corrected chi connectivity index (χ0v) is 10.4. The third-order valence-electron chi connectivity index (χ3n) is 2.55.